The minimum Gasteiger partial charge on any atom is -0.497 e. The smallest absolute Gasteiger partial charge is 0.275 e. The lowest BCUT2D eigenvalue weighted by Crippen LogP contribution is -2.15. The molecular weight excluding hydrogens is 456 g/mol. The maximum atomic E-state index is 12.3. The Hall–Kier alpha value is -2.83. The van der Waals surface area contributed by atoms with Crippen molar-refractivity contribution in [3.8, 4) is 5.75 Å². The molecule has 0 saturated heterocycles. The predicted octanol–water partition coefficient (Wildman–Crippen LogP) is 3.43. The minimum absolute atomic E-state index is 0.173. The van der Waals surface area contributed by atoms with Gasteiger partial charge < -0.3 is 4.74 Å². The van der Waals surface area contributed by atoms with Gasteiger partial charge in [0.15, 0.2) is 4.34 Å². The van der Waals surface area contributed by atoms with Crippen molar-refractivity contribution >= 4 is 50.4 Å². The van der Waals surface area contributed by atoms with Crippen LogP contribution in [-0.4, -0.2) is 37.8 Å². The van der Waals surface area contributed by atoms with Crippen LogP contribution >= 0.6 is 34.4 Å². The Labute approximate surface area is 188 Å². The summed E-state index contributed by atoms with van der Waals surface area (Å²) in [7, 11) is 1.57. The normalized spacial score (nSPS) is 13.5. The number of ether oxygens (including phenoxy) is 1. The van der Waals surface area contributed by atoms with Crippen LogP contribution in [0.15, 0.2) is 39.5 Å². The monoisotopic (exact) mass is 472 g/mol. The molecule has 1 aromatic carbocycles. The van der Waals surface area contributed by atoms with E-state index >= 15 is 0 Å². The van der Waals surface area contributed by atoms with Gasteiger partial charge in [-0.25, -0.2) is 4.98 Å². The first-order chi connectivity index (χ1) is 15.1. The number of methoxy groups -OCH3 is 1. The van der Waals surface area contributed by atoms with Gasteiger partial charge >= 0.3 is 0 Å². The van der Waals surface area contributed by atoms with Crippen LogP contribution in [0.25, 0.3) is 4.96 Å². The topological polar surface area (TPSA) is 111 Å². The van der Waals surface area contributed by atoms with Crippen LogP contribution in [0.2, 0.25) is 0 Å². The number of nitrogens with one attached hydrogen (secondary N) is 1. The Balaban J connectivity index is 1.23. The molecule has 158 valence electrons. The molecule has 0 spiro atoms. The van der Waals surface area contributed by atoms with Crippen LogP contribution in [0, 0.1) is 0 Å². The number of benzene rings is 1. The van der Waals surface area contributed by atoms with Crippen LogP contribution in [0.4, 0.5) is 5.13 Å². The number of thioether (sulfide) groups is 1. The lowest BCUT2D eigenvalue weighted by atomic mass is 10.2. The lowest BCUT2D eigenvalue weighted by Gasteiger charge is -2.02. The molecule has 0 radical (unpaired) electrons. The summed E-state index contributed by atoms with van der Waals surface area (Å²) in [5.41, 5.74) is 0.992. The molecule has 12 heteroatoms. The Morgan fingerprint density at radius 3 is 2.81 bits per heavy atom. The van der Waals surface area contributed by atoms with Crippen molar-refractivity contribution in [1.82, 2.24) is 24.8 Å². The van der Waals surface area contributed by atoms with Crippen molar-refractivity contribution in [3.05, 3.63) is 57.0 Å². The second kappa shape index (κ2) is 8.36. The fraction of sp³-hybridized carbons (Fsp3) is 0.263. The van der Waals surface area contributed by atoms with Gasteiger partial charge in [0.2, 0.25) is 10.1 Å². The number of aromatic nitrogens is 5. The van der Waals surface area contributed by atoms with Crippen LogP contribution in [0.5, 0.6) is 5.75 Å². The molecule has 0 aliphatic heterocycles. The standard InChI is InChI=1S/C19H16N6O3S3/c1-28-13-6-4-10(5-7-13)15(27)21-17-22-23-19(31-17)29-9-12-8-14(26)25-18(20-12)30-16(24-25)11-2-3-11/h4-8,11H,2-3,9H2,1H3,(H,21,22,27). The molecule has 3 aromatic heterocycles. The van der Waals surface area contributed by atoms with Crippen molar-refractivity contribution < 1.29 is 9.53 Å². The maximum Gasteiger partial charge on any atom is 0.275 e. The van der Waals surface area contributed by atoms with Crippen LogP contribution in [0.3, 0.4) is 0 Å². The van der Waals surface area contributed by atoms with Crippen LogP contribution < -0.4 is 15.6 Å². The number of fused-ring (bicyclic) bond motifs is 1. The Kier molecular flexibility index (Phi) is 5.42. The third kappa shape index (κ3) is 4.45. The summed E-state index contributed by atoms with van der Waals surface area (Å²) in [5, 5.41) is 16.6. The highest BCUT2D eigenvalue weighted by atomic mass is 32.2. The van der Waals surface area contributed by atoms with E-state index in [0.29, 0.717) is 43.1 Å². The Bertz CT molecular complexity index is 1310. The Morgan fingerprint density at radius 2 is 2.06 bits per heavy atom. The van der Waals surface area contributed by atoms with Gasteiger partial charge in [-0.05, 0) is 37.1 Å². The fourth-order valence-corrected chi connectivity index (χ4v) is 5.54. The SMILES string of the molecule is COc1ccc(C(=O)Nc2nnc(SCc3cc(=O)n4nc(C5CC5)sc4n3)s2)cc1. The van der Waals surface area contributed by atoms with Crippen molar-refractivity contribution in [2.75, 3.05) is 12.4 Å². The predicted molar refractivity (Wildman–Crippen MR) is 120 cm³/mol. The quantitative estimate of drug-likeness (QED) is 0.322. The number of amides is 1. The molecule has 0 bridgehead atoms. The van der Waals surface area contributed by atoms with Crippen molar-refractivity contribution in [1.29, 1.82) is 0 Å². The highest BCUT2D eigenvalue weighted by Crippen LogP contribution is 2.41. The van der Waals surface area contributed by atoms with E-state index in [4.69, 9.17) is 4.74 Å². The number of nitrogens with zero attached hydrogens (tertiary/aromatic N) is 5. The lowest BCUT2D eigenvalue weighted by molar-refractivity contribution is 0.102. The van der Waals surface area contributed by atoms with Crippen molar-refractivity contribution in [3.63, 3.8) is 0 Å². The van der Waals surface area contributed by atoms with E-state index < -0.39 is 0 Å². The van der Waals surface area contributed by atoms with E-state index in [0.717, 1.165) is 17.8 Å². The molecule has 1 saturated carbocycles. The molecule has 1 amide bonds. The first-order valence-electron chi connectivity index (χ1n) is 9.40. The first kappa shape index (κ1) is 20.1. The van der Waals surface area contributed by atoms with E-state index in [-0.39, 0.29) is 11.5 Å². The average Bonchev–Trinajstić information content (AvgIpc) is 3.38. The highest BCUT2D eigenvalue weighted by Gasteiger charge is 2.28. The highest BCUT2D eigenvalue weighted by molar-refractivity contribution is 8.00. The number of hydrogen-bond donors (Lipinski definition) is 1. The first-order valence-corrected chi connectivity index (χ1v) is 12.0. The molecule has 9 nitrogen and oxygen atoms in total. The maximum absolute atomic E-state index is 12.3. The summed E-state index contributed by atoms with van der Waals surface area (Å²) in [6.45, 7) is 0. The zero-order chi connectivity index (χ0) is 21.4. The van der Waals surface area contributed by atoms with Gasteiger partial charge in [-0.15, -0.1) is 10.2 Å². The summed E-state index contributed by atoms with van der Waals surface area (Å²) >= 11 is 4.17. The molecule has 4 aromatic rings. The van der Waals surface area contributed by atoms with Crippen molar-refractivity contribution in [2.45, 2.75) is 28.9 Å². The molecule has 5 rings (SSSR count). The number of rotatable bonds is 7. The second-order valence-electron chi connectivity index (χ2n) is 6.84. The van der Waals surface area contributed by atoms with E-state index in [9.17, 15) is 9.59 Å². The molecule has 1 aliphatic carbocycles. The largest absolute Gasteiger partial charge is 0.497 e. The molecule has 1 aliphatic rings. The number of carbonyl (C=O) groups excluding carboxylic acids is 1. The third-order valence-electron chi connectivity index (χ3n) is 4.56. The summed E-state index contributed by atoms with van der Waals surface area (Å²) in [5.74, 6) is 1.37. The fourth-order valence-electron chi connectivity index (χ4n) is 2.81. The van der Waals surface area contributed by atoms with E-state index in [1.807, 2.05) is 0 Å². The number of carbonyl (C=O) groups is 1. The van der Waals surface area contributed by atoms with Gasteiger partial charge in [-0.3, -0.25) is 14.9 Å². The van der Waals surface area contributed by atoms with Gasteiger partial charge in [0.1, 0.15) is 10.8 Å². The van der Waals surface area contributed by atoms with Crippen LogP contribution in [0.1, 0.15) is 39.8 Å². The molecule has 31 heavy (non-hydrogen) atoms. The molecule has 0 atom stereocenters. The van der Waals surface area contributed by atoms with E-state index in [1.54, 1.807) is 31.4 Å². The summed E-state index contributed by atoms with van der Waals surface area (Å²) in [6.07, 6.45) is 2.26. The molecule has 0 unspecified atom stereocenters. The summed E-state index contributed by atoms with van der Waals surface area (Å²) in [6, 6.07) is 8.31. The summed E-state index contributed by atoms with van der Waals surface area (Å²) < 4.78 is 7.15. The molecular formula is C19H16N6O3S3. The van der Waals surface area contributed by atoms with E-state index in [2.05, 4.69) is 25.6 Å². The van der Waals surface area contributed by atoms with Crippen LogP contribution in [-0.2, 0) is 5.75 Å². The average molecular weight is 473 g/mol. The second-order valence-corrected chi connectivity index (χ2v) is 10.0. The van der Waals surface area contributed by atoms with Gasteiger partial charge in [-0.1, -0.05) is 34.4 Å². The van der Waals surface area contributed by atoms with Gasteiger partial charge in [0, 0.05) is 23.3 Å². The zero-order valence-corrected chi connectivity index (χ0v) is 18.7. The number of hydrogen-bond acceptors (Lipinski definition) is 10. The van der Waals surface area contributed by atoms with Crippen molar-refractivity contribution in [2.24, 2.45) is 0 Å². The molecule has 1 N–H and O–H groups in total. The third-order valence-corrected chi connectivity index (χ3v) is 7.64. The summed E-state index contributed by atoms with van der Waals surface area (Å²) in [4.78, 5) is 29.9. The van der Waals surface area contributed by atoms with Gasteiger partial charge in [-0.2, -0.15) is 9.61 Å². The van der Waals surface area contributed by atoms with Gasteiger partial charge in [0.25, 0.3) is 11.5 Å². The molecule has 3 heterocycles. The minimum atomic E-state index is -0.271. The van der Waals surface area contributed by atoms with Gasteiger partial charge in [0.05, 0.1) is 12.8 Å². The number of anilines is 1. The Morgan fingerprint density at radius 1 is 1.26 bits per heavy atom. The van der Waals surface area contributed by atoms with E-state index in [1.165, 1.54) is 45.0 Å². The molecule has 1 fully saturated rings. The zero-order valence-electron chi connectivity index (χ0n) is 16.3.